The number of aryl methyl sites for hydroxylation is 2. The Kier molecular flexibility index (Phi) is 18.6. The van der Waals surface area contributed by atoms with Crippen molar-refractivity contribution in [1.82, 2.24) is 18.3 Å². The maximum Gasteiger partial charge on any atom is 0.569 e. The van der Waals surface area contributed by atoms with Gasteiger partial charge in [0.2, 0.25) is 0 Å². The molecular formula is C48H45BBrCl4N4O8S2. The standard InChI is InChI=1S/C24H22Cl2N2O3S.C18H18BrClN2O3S.C6H5BClO2/c1-3-4-12-28-22(30)19-18(20(29)14-8-10-16(25)11-9-14)21(15-6-5-7-17(26)13-15)32-23(19)27(2)24(28)31;1-3-4-9-22-16(24)13-12(14(23)10-5-7-11(20)8-6-10)15(19)26-17(13)21(2)18(22)25;8-5-2-1-3-6(4-5)10-7-9/h5-11,13,20,29H,3-4,12H2,1-2H3;5-8,14,23H,3-4,9H2,1-2H3;1-4,9H. The molecule has 0 saturated carbocycles. The molecule has 4 aromatic heterocycles. The molecule has 12 nitrogen and oxygen atoms in total. The number of hydrogen-bond acceptors (Lipinski definition) is 10. The fourth-order valence-corrected chi connectivity index (χ4v) is 11.1. The van der Waals surface area contributed by atoms with E-state index >= 15 is 0 Å². The summed E-state index contributed by atoms with van der Waals surface area (Å²) in [4.78, 5) is 53.8. The van der Waals surface area contributed by atoms with Gasteiger partial charge in [-0.1, -0.05) is 116 Å². The molecule has 68 heavy (non-hydrogen) atoms. The predicted molar refractivity (Wildman–Crippen MR) is 282 cm³/mol. The quantitative estimate of drug-likeness (QED) is 0.0963. The van der Waals surface area contributed by atoms with E-state index in [0.29, 0.717) is 104 Å². The average Bonchev–Trinajstić information content (AvgIpc) is 3.90. The highest BCUT2D eigenvalue weighted by molar-refractivity contribution is 9.11. The van der Waals surface area contributed by atoms with Gasteiger partial charge in [-0.25, -0.2) is 9.59 Å². The zero-order valence-electron chi connectivity index (χ0n) is 37.1. The fourth-order valence-electron chi connectivity index (χ4n) is 7.30. The molecule has 8 aromatic rings. The summed E-state index contributed by atoms with van der Waals surface area (Å²) in [5.74, 6) is 0.523. The zero-order chi connectivity index (χ0) is 49.4. The van der Waals surface area contributed by atoms with Crippen LogP contribution in [0.3, 0.4) is 0 Å². The molecule has 4 heterocycles. The summed E-state index contributed by atoms with van der Waals surface area (Å²) in [7, 11) is 3.92. The molecule has 0 bridgehead atoms. The van der Waals surface area contributed by atoms with Crippen LogP contribution in [0.1, 0.15) is 74.0 Å². The second kappa shape index (κ2) is 23.9. The molecule has 355 valence electrons. The second-order valence-corrected chi connectivity index (χ2v) is 20.5. The molecule has 1 radical (unpaired) electrons. The van der Waals surface area contributed by atoms with Crippen LogP contribution < -0.4 is 27.2 Å². The Labute approximate surface area is 428 Å². The van der Waals surface area contributed by atoms with E-state index in [1.165, 1.54) is 40.9 Å². The van der Waals surface area contributed by atoms with Gasteiger partial charge in [0.15, 0.2) is 0 Å². The van der Waals surface area contributed by atoms with Gasteiger partial charge in [0, 0.05) is 63.3 Å². The van der Waals surface area contributed by atoms with Gasteiger partial charge in [-0.3, -0.25) is 27.9 Å². The van der Waals surface area contributed by atoms with Crippen LogP contribution in [0.2, 0.25) is 20.1 Å². The van der Waals surface area contributed by atoms with Gasteiger partial charge in [-0.2, -0.15) is 0 Å². The highest BCUT2D eigenvalue weighted by atomic mass is 79.9. The van der Waals surface area contributed by atoms with E-state index in [4.69, 9.17) is 51.4 Å². The summed E-state index contributed by atoms with van der Waals surface area (Å²) >= 11 is 29.8. The molecule has 2 unspecified atom stereocenters. The van der Waals surface area contributed by atoms with Crippen molar-refractivity contribution in [1.29, 1.82) is 0 Å². The van der Waals surface area contributed by atoms with Crippen molar-refractivity contribution in [2.75, 3.05) is 0 Å². The van der Waals surface area contributed by atoms with E-state index < -0.39 is 12.2 Å². The lowest BCUT2D eigenvalue weighted by atomic mass is 9.97. The monoisotopic (exact) mass is 1100 g/mol. The summed E-state index contributed by atoms with van der Waals surface area (Å²) in [6.07, 6.45) is 1.09. The van der Waals surface area contributed by atoms with Gasteiger partial charge < -0.3 is 19.9 Å². The summed E-state index contributed by atoms with van der Waals surface area (Å²) in [5, 5.41) is 33.5. The zero-order valence-corrected chi connectivity index (χ0v) is 43.3. The smallest absolute Gasteiger partial charge is 0.537 e. The Bertz CT molecular complexity index is 3300. The number of halogens is 5. The van der Waals surface area contributed by atoms with E-state index in [1.54, 1.807) is 99.0 Å². The van der Waals surface area contributed by atoms with Gasteiger partial charge in [0.1, 0.15) is 27.6 Å². The minimum absolute atomic E-state index is 0.330. The van der Waals surface area contributed by atoms with Gasteiger partial charge in [0.05, 0.1) is 14.6 Å². The molecule has 0 fully saturated rings. The van der Waals surface area contributed by atoms with Crippen LogP contribution in [0.15, 0.2) is 120 Å². The Morgan fingerprint density at radius 3 is 1.56 bits per heavy atom. The van der Waals surface area contributed by atoms with Gasteiger partial charge in [-0.15, -0.1) is 22.7 Å². The van der Waals surface area contributed by atoms with Crippen molar-refractivity contribution in [3.8, 4) is 16.2 Å². The van der Waals surface area contributed by atoms with Gasteiger partial charge >= 0.3 is 19.1 Å². The van der Waals surface area contributed by atoms with E-state index in [1.807, 2.05) is 26.0 Å². The SMILES string of the molecule is CCCCn1c(=O)c2c(C(O)c3ccc(Cl)cc3)c(-c3cccc(Cl)c3)sc2n(C)c1=O.CCCCn1c(=O)c2c(C(O)c3ccc(Cl)cc3)c(Br)sc2n(C)c1=O.O[B]Oc1cccc(Cl)c1. The van der Waals surface area contributed by atoms with Crippen molar-refractivity contribution < 1.29 is 19.9 Å². The van der Waals surface area contributed by atoms with Crippen molar-refractivity contribution in [3.63, 3.8) is 0 Å². The van der Waals surface area contributed by atoms with E-state index in [-0.39, 0.29) is 22.5 Å². The average molecular weight is 1100 g/mol. The topological polar surface area (TPSA) is 158 Å². The van der Waals surface area contributed by atoms with Crippen LogP contribution >= 0.6 is 85.0 Å². The van der Waals surface area contributed by atoms with E-state index in [2.05, 4.69) is 20.6 Å². The number of thiophene rings is 2. The van der Waals surface area contributed by atoms with Crippen molar-refractivity contribution >= 4 is 113 Å². The molecule has 0 aliphatic carbocycles. The number of hydrogen-bond donors (Lipinski definition) is 3. The third kappa shape index (κ3) is 11.8. The maximum absolute atomic E-state index is 13.5. The summed E-state index contributed by atoms with van der Waals surface area (Å²) in [6, 6.07) is 27.7. The normalized spacial score (nSPS) is 12.0. The number of unbranched alkanes of at least 4 members (excludes halogenated alkanes) is 2. The number of fused-ring (bicyclic) bond motifs is 2. The Hall–Kier alpha value is -4.46. The van der Waals surface area contributed by atoms with Crippen LogP contribution in [0, 0.1) is 0 Å². The molecular weight excluding hydrogens is 1060 g/mol. The first-order chi connectivity index (χ1) is 32.5. The third-order valence-electron chi connectivity index (χ3n) is 10.8. The molecule has 8 rings (SSSR count). The van der Waals surface area contributed by atoms with Gasteiger partial charge in [-0.05, 0) is 100 Å². The Morgan fingerprint density at radius 1 is 0.632 bits per heavy atom. The third-order valence-corrected chi connectivity index (χ3v) is 15.1. The van der Waals surface area contributed by atoms with Crippen molar-refractivity contribution in [3.05, 3.63) is 185 Å². The first kappa shape index (κ1) is 52.9. The number of aliphatic hydroxyl groups excluding tert-OH is 2. The number of aromatic nitrogens is 4. The molecule has 3 N–H and O–H groups in total. The van der Waals surface area contributed by atoms with Crippen LogP contribution in [-0.4, -0.2) is 41.2 Å². The highest BCUT2D eigenvalue weighted by Gasteiger charge is 2.28. The number of nitrogens with zero attached hydrogens (tertiary/aromatic N) is 4. The summed E-state index contributed by atoms with van der Waals surface area (Å²) in [6.45, 7) is 4.70. The summed E-state index contributed by atoms with van der Waals surface area (Å²) in [5.41, 5.74) is 1.52. The van der Waals surface area contributed by atoms with Crippen LogP contribution in [0.5, 0.6) is 5.75 Å². The molecule has 0 amide bonds. The number of benzene rings is 4. The van der Waals surface area contributed by atoms with Gasteiger partial charge in [0.25, 0.3) is 11.1 Å². The predicted octanol–water partition coefficient (Wildman–Crippen LogP) is 10.9. The van der Waals surface area contributed by atoms with E-state index in [0.717, 1.165) is 24.8 Å². The van der Waals surface area contributed by atoms with Crippen LogP contribution in [-0.2, 0) is 27.2 Å². The molecule has 0 spiro atoms. The molecule has 20 heteroatoms. The molecule has 0 saturated heterocycles. The second-order valence-electron chi connectivity index (χ2n) is 15.4. The Balaban J connectivity index is 0.000000189. The molecule has 0 aliphatic heterocycles. The number of aliphatic hydroxyl groups is 2. The van der Waals surface area contributed by atoms with Crippen molar-refractivity contribution in [2.45, 2.75) is 64.8 Å². The number of rotatable bonds is 13. The van der Waals surface area contributed by atoms with E-state index in [9.17, 15) is 29.4 Å². The van der Waals surface area contributed by atoms with Crippen LogP contribution in [0.25, 0.3) is 30.9 Å². The largest absolute Gasteiger partial charge is 0.569 e. The minimum atomic E-state index is -1.08. The first-order valence-electron chi connectivity index (χ1n) is 21.2. The lowest BCUT2D eigenvalue weighted by Gasteiger charge is -2.14. The lowest BCUT2D eigenvalue weighted by molar-refractivity contribution is 0.221. The highest BCUT2D eigenvalue weighted by Crippen LogP contribution is 2.43. The van der Waals surface area contributed by atoms with Crippen LogP contribution in [0.4, 0.5) is 0 Å². The molecule has 4 aromatic carbocycles. The van der Waals surface area contributed by atoms with Crippen molar-refractivity contribution in [2.24, 2.45) is 14.1 Å². The first-order valence-corrected chi connectivity index (χ1v) is 25.2. The lowest BCUT2D eigenvalue weighted by Crippen LogP contribution is -2.39. The summed E-state index contributed by atoms with van der Waals surface area (Å²) < 4.78 is 10.7. The fraction of sp³-hybridized carbons (Fsp3) is 0.250. The molecule has 2 atom stereocenters. The molecule has 0 aliphatic rings. The Morgan fingerprint density at radius 2 is 1.09 bits per heavy atom. The minimum Gasteiger partial charge on any atom is -0.537 e. The maximum atomic E-state index is 13.5.